The Morgan fingerprint density at radius 3 is 1.34 bits per heavy atom. The van der Waals surface area contributed by atoms with Gasteiger partial charge >= 0.3 is 0 Å². The summed E-state index contributed by atoms with van der Waals surface area (Å²) in [4.78, 5) is 2.48. The lowest BCUT2D eigenvalue weighted by atomic mass is 9.79. The summed E-state index contributed by atoms with van der Waals surface area (Å²) in [5.41, 5.74) is 14.5. The van der Waals surface area contributed by atoms with Gasteiger partial charge in [-0.3, -0.25) is 0 Å². The Morgan fingerprint density at radius 2 is 0.840 bits per heavy atom. The third-order valence-electron chi connectivity index (χ3n) is 9.54. The zero-order chi connectivity index (χ0) is 35.8. The average Bonchev–Trinajstić information content (AvgIpc) is 3.08. The standard InChI is InChI=1S/C48H50BrN/c1-46(2,3)37-26-36(27-38(29-37)47(4,5)6)35-22-16-23-41(28-35)50(42-31-39(48(7,8)9)30-40(49)32-42)45-43(33-18-12-10-13-19-33)24-17-25-44(45)34-20-14-11-15-21-34/h10-32H,1-9H3. The van der Waals surface area contributed by atoms with Gasteiger partial charge < -0.3 is 4.90 Å². The van der Waals surface area contributed by atoms with Gasteiger partial charge in [-0.2, -0.15) is 0 Å². The molecule has 254 valence electrons. The van der Waals surface area contributed by atoms with Gasteiger partial charge in [0.15, 0.2) is 0 Å². The third kappa shape index (κ3) is 7.67. The van der Waals surface area contributed by atoms with E-state index in [1.165, 1.54) is 50.1 Å². The number of halogens is 1. The third-order valence-corrected chi connectivity index (χ3v) is 10.00. The lowest BCUT2D eigenvalue weighted by Crippen LogP contribution is -2.17. The van der Waals surface area contributed by atoms with Crippen LogP contribution in [0.5, 0.6) is 0 Å². The van der Waals surface area contributed by atoms with Crippen LogP contribution >= 0.6 is 15.9 Å². The second kappa shape index (κ2) is 13.7. The Hall–Kier alpha value is -4.40. The zero-order valence-corrected chi connectivity index (χ0v) is 32.7. The predicted octanol–water partition coefficient (Wildman–Crippen LogP) is 14.8. The van der Waals surface area contributed by atoms with E-state index >= 15 is 0 Å². The quantitative estimate of drug-likeness (QED) is 0.166. The molecule has 0 saturated heterocycles. The van der Waals surface area contributed by atoms with Crippen molar-refractivity contribution in [1.82, 2.24) is 0 Å². The summed E-state index contributed by atoms with van der Waals surface area (Å²) in [7, 11) is 0. The summed E-state index contributed by atoms with van der Waals surface area (Å²) in [6.07, 6.45) is 0. The lowest BCUT2D eigenvalue weighted by Gasteiger charge is -2.32. The number of hydrogen-bond acceptors (Lipinski definition) is 1. The van der Waals surface area contributed by atoms with Crippen molar-refractivity contribution in [3.8, 4) is 33.4 Å². The normalized spacial score (nSPS) is 12.2. The Bertz CT molecular complexity index is 2020. The van der Waals surface area contributed by atoms with E-state index in [1.807, 2.05) is 0 Å². The lowest BCUT2D eigenvalue weighted by molar-refractivity contribution is 0.569. The number of para-hydroxylation sites is 1. The fourth-order valence-corrected chi connectivity index (χ4v) is 7.00. The van der Waals surface area contributed by atoms with Crippen LogP contribution in [0.15, 0.2) is 144 Å². The summed E-state index contributed by atoms with van der Waals surface area (Å²) < 4.78 is 1.06. The highest BCUT2D eigenvalue weighted by molar-refractivity contribution is 9.10. The molecule has 0 aromatic heterocycles. The minimum absolute atomic E-state index is 0.0263. The van der Waals surface area contributed by atoms with Gasteiger partial charge in [0, 0.05) is 27.0 Å². The Labute approximate surface area is 309 Å². The van der Waals surface area contributed by atoms with Crippen LogP contribution in [-0.2, 0) is 16.2 Å². The molecule has 0 aliphatic carbocycles. The molecule has 1 nitrogen and oxygen atoms in total. The van der Waals surface area contributed by atoms with Crippen LogP contribution in [0.1, 0.15) is 79.0 Å². The molecule has 2 heteroatoms. The minimum Gasteiger partial charge on any atom is -0.309 e. The second-order valence-corrected chi connectivity index (χ2v) is 17.5. The van der Waals surface area contributed by atoms with Crippen molar-refractivity contribution in [2.45, 2.75) is 78.6 Å². The van der Waals surface area contributed by atoms with E-state index in [9.17, 15) is 0 Å². The van der Waals surface area contributed by atoms with E-state index in [4.69, 9.17) is 0 Å². The molecule has 0 radical (unpaired) electrons. The molecule has 0 atom stereocenters. The summed E-state index contributed by atoms with van der Waals surface area (Å²) in [5.74, 6) is 0. The summed E-state index contributed by atoms with van der Waals surface area (Å²) >= 11 is 3.92. The first-order valence-electron chi connectivity index (χ1n) is 17.7. The Morgan fingerprint density at radius 1 is 0.380 bits per heavy atom. The Balaban J connectivity index is 1.69. The van der Waals surface area contributed by atoms with Gasteiger partial charge in [0.25, 0.3) is 0 Å². The molecule has 0 aliphatic heterocycles. The maximum atomic E-state index is 3.92. The van der Waals surface area contributed by atoms with Gasteiger partial charge in [-0.25, -0.2) is 0 Å². The topological polar surface area (TPSA) is 3.24 Å². The Kier molecular flexibility index (Phi) is 9.72. The van der Waals surface area contributed by atoms with Crippen LogP contribution in [0.25, 0.3) is 33.4 Å². The van der Waals surface area contributed by atoms with E-state index in [2.05, 4.69) is 223 Å². The van der Waals surface area contributed by atoms with Crippen molar-refractivity contribution in [2.24, 2.45) is 0 Å². The molecule has 0 saturated carbocycles. The molecule has 0 bridgehead atoms. The molecule has 0 spiro atoms. The van der Waals surface area contributed by atoms with Gasteiger partial charge in [-0.05, 0) is 85.5 Å². The van der Waals surface area contributed by atoms with Crippen molar-refractivity contribution < 1.29 is 0 Å². The molecule has 0 fully saturated rings. The average molecular weight is 721 g/mol. The number of benzene rings is 6. The van der Waals surface area contributed by atoms with Crippen LogP contribution in [0.3, 0.4) is 0 Å². The maximum Gasteiger partial charge on any atom is 0.0618 e. The van der Waals surface area contributed by atoms with E-state index in [0.717, 1.165) is 21.5 Å². The molecule has 0 N–H and O–H groups in total. The first-order valence-corrected chi connectivity index (χ1v) is 18.5. The van der Waals surface area contributed by atoms with Crippen molar-refractivity contribution >= 4 is 33.0 Å². The minimum atomic E-state index is -0.0377. The molecular formula is C48H50BrN. The van der Waals surface area contributed by atoms with Crippen LogP contribution in [-0.4, -0.2) is 0 Å². The number of rotatable bonds is 6. The van der Waals surface area contributed by atoms with Crippen molar-refractivity contribution in [3.63, 3.8) is 0 Å². The molecular weight excluding hydrogens is 670 g/mol. The molecule has 0 aliphatic rings. The zero-order valence-electron chi connectivity index (χ0n) is 31.1. The highest BCUT2D eigenvalue weighted by Crippen LogP contribution is 2.48. The largest absolute Gasteiger partial charge is 0.309 e. The van der Waals surface area contributed by atoms with Crippen LogP contribution in [0, 0.1) is 0 Å². The molecule has 6 rings (SSSR count). The first kappa shape index (κ1) is 35.4. The molecule has 0 heterocycles. The fourth-order valence-electron chi connectivity index (χ4n) is 6.51. The molecule has 6 aromatic rings. The van der Waals surface area contributed by atoms with E-state index in [1.54, 1.807) is 0 Å². The first-order chi connectivity index (χ1) is 23.6. The highest BCUT2D eigenvalue weighted by atomic mass is 79.9. The van der Waals surface area contributed by atoms with Crippen LogP contribution < -0.4 is 4.90 Å². The predicted molar refractivity (Wildman–Crippen MR) is 221 cm³/mol. The number of nitrogens with zero attached hydrogens (tertiary/aromatic N) is 1. The monoisotopic (exact) mass is 719 g/mol. The van der Waals surface area contributed by atoms with Crippen molar-refractivity contribution in [3.05, 3.63) is 161 Å². The molecule has 50 heavy (non-hydrogen) atoms. The fraction of sp³-hybridized carbons (Fsp3) is 0.250. The van der Waals surface area contributed by atoms with E-state index < -0.39 is 0 Å². The summed E-state index contributed by atoms with van der Waals surface area (Å²) in [6.45, 7) is 20.7. The summed E-state index contributed by atoms with van der Waals surface area (Å²) in [6, 6.07) is 51.5. The second-order valence-electron chi connectivity index (χ2n) is 16.6. The van der Waals surface area contributed by atoms with Gasteiger partial charge in [-0.15, -0.1) is 0 Å². The van der Waals surface area contributed by atoms with Crippen molar-refractivity contribution in [2.75, 3.05) is 4.90 Å². The van der Waals surface area contributed by atoms with Crippen LogP contribution in [0.2, 0.25) is 0 Å². The van der Waals surface area contributed by atoms with Crippen LogP contribution in [0.4, 0.5) is 17.1 Å². The SMILES string of the molecule is CC(C)(C)c1cc(Br)cc(N(c2cccc(-c3cc(C(C)(C)C)cc(C(C)(C)C)c3)c2)c2c(-c3ccccc3)cccc2-c2ccccc2)c1. The molecule has 0 amide bonds. The van der Waals surface area contributed by atoms with E-state index in [0.29, 0.717) is 0 Å². The number of anilines is 3. The molecule has 6 aromatic carbocycles. The van der Waals surface area contributed by atoms with Crippen molar-refractivity contribution in [1.29, 1.82) is 0 Å². The smallest absolute Gasteiger partial charge is 0.0618 e. The molecule has 0 unspecified atom stereocenters. The number of hydrogen-bond donors (Lipinski definition) is 0. The van der Waals surface area contributed by atoms with Gasteiger partial charge in [0.2, 0.25) is 0 Å². The highest BCUT2D eigenvalue weighted by Gasteiger charge is 2.26. The maximum absolute atomic E-state index is 3.92. The van der Waals surface area contributed by atoms with Gasteiger partial charge in [0.1, 0.15) is 0 Å². The van der Waals surface area contributed by atoms with Gasteiger partial charge in [-0.1, -0.05) is 187 Å². The summed E-state index contributed by atoms with van der Waals surface area (Å²) in [5, 5.41) is 0. The van der Waals surface area contributed by atoms with Gasteiger partial charge in [0.05, 0.1) is 5.69 Å². The van der Waals surface area contributed by atoms with E-state index in [-0.39, 0.29) is 16.2 Å².